The highest BCUT2D eigenvalue weighted by molar-refractivity contribution is 7.15. The van der Waals surface area contributed by atoms with E-state index >= 15 is 0 Å². The van der Waals surface area contributed by atoms with Gasteiger partial charge in [-0.2, -0.15) is 5.26 Å². The minimum absolute atomic E-state index is 0.119. The number of rotatable bonds is 7. The van der Waals surface area contributed by atoms with Crippen molar-refractivity contribution in [3.8, 4) is 28.5 Å². The Morgan fingerprint density at radius 3 is 2.45 bits per heavy atom. The second kappa shape index (κ2) is 10.9. The summed E-state index contributed by atoms with van der Waals surface area (Å²) in [6.45, 7) is 1.91. The van der Waals surface area contributed by atoms with Crippen molar-refractivity contribution in [2.45, 2.75) is 6.92 Å². The zero-order chi connectivity index (χ0) is 26.5. The van der Waals surface area contributed by atoms with Crippen molar-refractivity contribution in [1.82, 2.24) is 5.16 Å². The Morgan fingerprint density at radius 2 is 1.76 bits per heavy atom. The molecule has 0 atom stereocenters. The van der Waals surface area contributed by atoms with Crippen LogP contribution in [0.25, 0.3) is 39.4 Å². The van der Waals surface area contributed by atoms with Gasteiger partial charge in [0.1, 0.15) is 27.7 Å². The van der Waals surface area contributed by atoms with Gasteiger partial charge < -0.3 is 14.6 Å². The third kappa shape index (κ3) is 4.96. The van der Waals surface area contributed by atoms with E-state index in [4.69, 9.17) is 9.26 Å². The van der Waals surface area contributed by atoms with Crippen molar-refractivity contribution in [2.24, 2.45) is 0 Å². The lowest BCUT2D eigenvalue weighted by atomic mass is 10.0. The number of nitrogens with one attached hydrogen (secondary N) is 1. The number of hydrogen-bond donors (Lipinski definition) is 1. The number of fused-ring (bicyclic) bond motifs is 1. The molecule has 8 heteroatoms. The molecule has 0 unspecified atom stereocenters. The number of nitrogens with zero attached hydrogens (tertiary/aromatic N) is 2. The van der Waals surface area contributed by atoms with Crippen LogP contribution in [0.2, 0.25) is 0 Å². The topological polar surface area (TPSA) is 105 Å². The Hall–Kier alpha value is -5.00. The average Bonchev–Trinajstić information content (AvgIpc) is 3.57. The van der Waals surface area contributed by atoms with Crippen LogP contribution >= 0.6 is 11.3 Å². The minimum Gasteiger partial charge on any atom is -0.462 e. The van der Waals surface area contributed by atoms with E-state index in [1.165, 1.54) is 17.4 Å². The molecule has 0 aliphatic heterocycles. The largest absolute Gasteiger partial charge is 0.462 e. The zero-order valence-electron chi connectivity index (χ0n) is 20.3. The number of nitriles is 1. The molecule has 1 amide bonds. The SMILES string of the molecule is CCOC(=O)c1c(-c2ccccc2)csc1NC(=O)/C(C#N)=C/c1ccc2noc(-c3ccccc3)c2c1. The molecule has 0 aliphatic rings. The van der Waals surface area contributed by atoms with Gasteiger partial charge in [-0.15, -0.1) is 11.3 Å². The predicted molar refractivity (Wildman–Crippen MR) is 147 cm³/mol. The summed E-state index contributed by atoms with van der Waals surface area (Å²) in [4.78, 5) is 26.0. The summed E-state index contributed by atoms with van der Waals surface area (Å²) in [7, 11) is 0. The highest BCUT2D eigenvalue weighted by atomic mass is 32.1. The van der Waals surface area contributed by atoms with Crippen molar-refractivity contribution >= 4 is 45.2 Å². The number of amides is 1. The molecule has 0 saturated heterocycles. The lowest BCUT2D eigenvalue weighted by Gasteiger charge is -2.08. The van der Waals surface area contributed by atoms with Crippen LogP contribution in [0.15, 0.2) is 94.3 Å². The van der Waals surface area contributed by atoms with Gasteiger partial charge in [-0.05, 0) is 36.3 Å². The molecule has 0 saturated carbocycles. The van der Waals surface area contributed by atoms with Crippen LogP contribution < -0.4 is 5.32 Å². The molecule has 5 rings (SSSR count). The van der Waals surface area contributed by atoms with Gasteiger partial charge in [-0.1, -0.05) is 71.9 Å². The molecule has 0 bridgehead atoms. The summed E-state index contributed by atoms with van der Waals surface area (Å²) >= 11 is 1.20. The van der Waals surface area contributed by atoms with Crippen LogP contribution in [0, 0.1) is 11.3 Å². The van der Waals surface area contributed by atoms with E-state index in [-0.39, 0.29) is 17.7 Å². The number of carbonyl (C=O) groups is 2. The van der Waals surface area contributed by atoms with Crippen LogP contribution in [0.4, 0.5) is 5.00 Å². The van der Waals surface area contributed by atoms with Crippen molar-refractivity contribution in [1.29, 1.82) is 5.26 Å². The summed E-state index contributed by atoms with van der Waals surface area (Å²) in [5, 5.41) is 19.5. The van der Waals surface area contributed by atoms with E-state index in [1.807, 2.05) is 72.8 Å². The molecule has 38 heavy (non-hydrogen) atoms. The van der Waals surface area contributed by atoms with Gasteiger partial charge in [0.05, 0.1) is 12.0 Å². The number of esters is 1. The smallest absolute Gasteiger partial charge is 0.341 e. The van der Waals surface area contributed by atoms with Gasteiger partial charge in [0.2, 0.25) is 0 Å². The number of anilines is 1. The molecule has 1 N–H and O–H groups in total. The van der Waals surface area contributed by atoms with Crippen LogP contribution in [0.5, 0.6) is 0 Å². The molecule has 2 aromatic heterocycles. The maximum Gasteiger partial charge on any atom is 0.341 e. The van der Waals surface area contributed by atoms with Crippen molar-refractivity contribution < 1.29 is 18.8 Å². The monoisotopic (exact) mass is 519 g/mol. The summed E-state index contributed by atoms with van der Waals surface area (Å²) in [6.07, 6.45) is 1.49. The number of ether oxygens (including phenoxy) is 1. The maximum atomic E-state index is 13.2. The predicted octanol–water partition coefficient (Wildman–Crippen LogP) is 6.95. The number of hydrogen-bond acceptors (Lipinski definition) is 7. The second-order valence-corrected chi connectivity index (χ2v) is 9.10. The molecule has 186 valence electrons. The molecule has 0 fully saturated rings. The van der Waals surface area contributed by atoms with Crippen LogP contribution in [-0.4, -0.2) is 23.6 Å². The van der Waals surface area contributed by atoms with Gasteiger partial charge in [0.15, 0.2) is 5.76 Å². The lowest BCUT2D eigenvalue weighted by molar-refractivity contribution is -0.112. The number of thiophene rings is 1. The number of carbonyl (C=O) groups excluding carboxylic acids is 2. The molecule has 3 aromatic carbocycles. The summed E-state index contributed by atoms with van der Waals surface area (Å²) in [6, 6.07) is 26.3. The quantitative estimate of drug-likeness (QED) is 0.142. The van der Waals surface area contributed by atoms with Gasteiger partial charge in [0.25, 0.3) is 5.91 Å². The zero-order valence-corrected chi connectivity index (χ0v) is 21.1. The fourth-order valence-corrected chi connectivity index (χ4v) is 4.97. The highest BCUT2D eigenvalue weighted by Crippen LogP contribution is 2.36. The Balaban J connectivity index is 1.47. The van der Waals surface area contributed by atoms with Crippen LogP contribution in [0.1, 0.15) is 22.8 Å². The van der Waals surface area contributed by atoms with Crippen LogP contribution in [0.3, 0.4) is 0 Å². The Labute approximate surface area is 222 Å². The van der Waals surface area contributed by atoms with E-state index in [2.05, 4.69) is 10.5 Å². The van der Waals surface area contributed by atoms with Gasteiger partial charge >= 0.3 is 5.97 Å². The fraction of sp³-hybridized carbons (Fsp3) is 0.0667. The molecular weight excluding hydrogens is 498 g/mol. The second-order valence-electron chi connectivity index (χ2n) is 8.22. The van der Waals surface area contributed by atoms with Gasteiger partial charge in [0, 0.05) is 16.5 Å². The first-order valence-electron chi connectivity index (χ1n) is 11.8. The van der Waals surface area contributed by atoms with E-state index in [1.54, 1.807) is 24.4 Å². The normalized spacial score (nSPS) is 11.2. The molecule has 7 nitrogen and oxygen atoms in total. The highest BCUT2D eigenvalue weighted by Gasteiger charge is 2.24. The number of benzene rings is 3. The first-order valence-corrected chi connectivity index (χ1v) is 12.7. The average molecular weight is 520 g/mol. The van der Waals surface area contributed by atoms with E-state index in [0.717, 1.165) is 16.5 Å². The third-order valence-electron chi connectivity index (χ3n) is 5.80. The molecular formula is C30H21N3O4S. The Kier molecular flexibility index (Phi) is 7.11. The molecule has 2 heterocycles. The fourth-order valence-electron chi connectivity index (χ4n) is 4.02. The third-order valence-corrected chi connectivity index (χ3v) is 6.69. The van der Waals surface area contributed by atoms with Crippen molar-refractivity contribution in [3.63, 3.8) is 0 Å². The maximum absolute atomic E-state index is 13.2. The van der Waals surface area contributed by atoms with E-state index in [0.29, 0.717) is 27.4 Å². The minimum atomic E-state index is -0.631. The lowest BCUT2D eigenvalue weighted by Crippen LogP contribution is -2.16. The van der Waals surface area contributed by atoms with E-state index < -0.39 is 11.9 Å². The molecule has 0 spiro atoms. The molecule has 5 aromatic rings. The standard InChI is InChI=1S/C30H21N3O4S/c1-2-36-30(35)26-24(20-9-5-3-6-10-20)18-38-29(26)32-28(34)22(17-31)15-19-13-14-25-23(16-19)27(37-33-25)21-11-7-4-8-12-21/h3-16,18H,2H2,1H3,(H,32,34)/b22-15+. The summed E-state index contributed by atoms with van der Waals surface area (Å²) in [5.74, 6) is -0.574. The Bertz CT molecular complexity index is 1700. The first-order chi connectivity index (χ1) is 18.6. The first kappa shape index (κ1) is 24.7. The van der Waals surface area contributed by atoms with Crippen molar-refractivity contribution in [3.05, 3.63) is 101 Å². The van der Waals surface area contributed by atoms with Crippen LogP contribution in [-0.2, 0) is 9.53 Å². The molecule has 0 aliphatic carbocycles. The Morgan fingerprint density at radius 1 is 1.05 bits per heavy atom. The number of aromatic nitrogens is 1. The summed E-state index contributed by atoms with van der Waals surface area (Å²) < 4.78 is 10.8. The van der Waals surface area contributed by atoms with Gasteiger partial charge in [-0.3, -0.25) is 4.79 Å². The van der Waals surface area contributed by atoms with Crippen molar-refractivity contribution in [2.75, 3.05) is 11.9 Å². The van der Waals surface area contributed by atoms with E-state index in [9.17, 15) is 14.9 Å². The molecule has 0 radical (unpaired) electrons. The van der Waals surface area contributed by atoms with Gasteiger partial charge in [-0.25, -0.2) is 4.79 Å². The summed E-state index contributed by atoms with van der Waals surface area (Å²) in [5.41, 5.74) is 3.77.